The fraction of sp³-hybridized carbons (Fsp3) is 0.933. The second-order valence-corrected chi connectivity index (χ2v) is 7.18. The summed E-state index contributed by atoms with van der Waals surface area (Å²) in [4.78, 5) is 14.3. The molecule has 2 aliphatic heterocycles. The highest BCUT2D eigenvalue weighted by atomic mass is 35.5. The van der Waals surface area contributed by atoms with Gasteiger partial charge in [-0.25, -0.2) is 0 Å². The van der Waals surface area contributed by atoms with E-state index in [-0.39, 0.29) is 12.4 Å². The van der Waals surface area contributed by atoms with E-state index in [2.05, 4.69) is 31.0 Å². The monoisotopic (exact) mass is 288 g/mol. The summed E-state index contributed by atoms with van der Waals surface area (Å²) < 4.78 is 0. The van der Waals surface area contributed by atoms with Gasteiger partial charge < -0.3 is 10.2 Å². The van der Waals surface area contributed by atoms with E-state index in [0.717, 1.165) is 38.8 Å². The topological polar surface area (TPSA) is 32.3 Å². The van der Waals surface area contributed by atoms with E-state index in [1.165, 1.54) is 12.8 Å². The summed E-state index contributed by atoms with van der Waals surface area (Å²) in [5, 5.41) is 3.62. The van der Waals surface area contributed by atoms with Gasteiger partial charge in [-0.2, -0.15) is 0 Å². The van der Waals surface area contributed by atoms with Crippen molar-refractivity contribution in [1.29, 1.82) is 0 Å². The summed E-state index contributed by atoms with van der Waals surface area (Å²) in [6, 6.07) is 1.23. The summed E-state index contributed by atoms with van der Waals surface area (Å²) in [7, 11) is 0. The van der Waals surface area contributed by atoms with Crippen molar-refractivity contribution in [3.8, 4) is 0 Å². The molecule has 0 aromatic carbocycles. The molecule has 2 rings (SSSR count). The van der Waals surface area contributed by atoms with Gasteiger partial charge in [-0.1, -0.05) is 20.8 Å². The first-order valence-electron chi connectivity index (χ1n) is 7.48. The van der Waals surface area contributed by atoms with Gasteiger partial charge in [0.1, 0.15) is 0 Å². The second-order valence-electron chi connectivity index (χ2n) is 7.18. The van der Waals surface area contributed by atoms with Crippen LogP contribution in [0.25, 0.3) is 0 Å². The zero-order valence-electron chi connectivity index (χ0n) is 12.6. The van der Waals surface area contributed by atoms with Crippen molar-refractivity contribution < 1.29 is 4.79 Å². The molecule has 4 heteroatoms. The minimum Gasteiger partial charge on any atom is -0.341 e. The molecule has 2 fully saturated rings. The van der Waals surface area contributed by atoms with Crippen LogP contribution in [-0.2, 0) is 4.79 Å². The number of nitrogens with zero attached hydrogens (tertiary/aromatic N) is 1. The third kappa shape index (κ3) is 5.31. The van der Waals surface area contributed by atoms with E-state index in [1.54, 1.807) is 0 Å². The number of carbonyl (C=O) groups excluding carboxylic acids is 1. The van der Waals surface area contributed by atoms with Crippen molar-refractivity contribution >= 4 is 18.3 Å². The first kappa shape index (κ1) is 16.8. The van der Waals surface area contributed by atoms with E-state index >= 15 is 0 Å². The van der Waals surface area contributed by atoms with Crippen LogP contribution >= 0.6 is 12.4 Å². The summed E-state index contributed by atoms with van der Waals surface area (Å²) in [6.07, 6.45) is 6.58. The molecule has 1 N–H and O–H groups in total. The minimum absolute atomic E-state index is 0. The number of fused-ring (bicyclic) bond motifs is 2. The van der Waals surface area contributed by atoms with Gasteiger partial charge in [-0.3, -0.25) is 4.79 Å². The van der Waals surface area contributed by atoms with Gasteiger partial charge in [0.25, 0.3) is 0 Å². The Morgan fingerprint density at radius 2 is 1.89 bits per heavy atom. The Labute approximate surface area is 123 Å². The number of carbonyl (C=O) groups is 1. The number of hydrogen-bond acceptors (Lipinski definition) is 2. The van der Waals surface area contributed by atoms with Crippen LogP contribution in [0.4, 0.5) is 0 Å². The number of nitrogens with one attached hydrogen (secondary N) is 1. The highest BCUT2D eigenvalue weighted by Gasteiger charge is 2.30. The van der Waals surface area contributed by atoms with Gasteiger partial charge in [0, 0.05) is 31.6 Å². The highest BCUT2D eigenvalue weighted by molar-refractivity contribution is 5.85. The van der Waals surface area contributed by atoms with E-state index in [0.29, 0.717) is 23.4 Å². The first-order chi connectivity index (χ1) is 8.44. The van der Waals surface area contributed by atoms with Crippen LogP contribution in [0.3, 0.4) is 0 Å². The molecule has 2 bridgehead atoms. The molecule has 0 aromatic heterocycles. The molecule has 3 nitrogen and oxygen atoms in total. The molecule has 19 heavy (non-hydrogen) atoms. The lowest BCUT2D eigenvalue weighted by Crippen LogP contribution is -2.39. The lowest BCUT2D eigenvalue weighted by molar-refractivity contribution is -0.131. The summed E-state index contributed by atoms with van der Waals surface area (Å²) in [5.74, 6) is 0.369. The zero-order valence-corrected chi connectivity index (χ0v) is 13.4. The Balaban J connectivity index is 0.00000180. The molecule has 2 unspecified atom stereocenters. The van der Waals surface area contributed by atoms with E-state index in [9.17, 15) is 4.79 Å². The summed E-state index contributed by atoms with van der Waals surface area (Å²) >= 11 is 0. The fourth-order valence-corrected chi connectivity index (χ4v) is 3.10. The molecule has 0 aliphatic carbocycles. The van der Waals surface area contributed by atoms with Crippen LogP contribution in [0.2, 0.25) is 0 Å². The molecule has 0 radical (unpaired) electrons. The standard InChI is InChI=1S/C15H28N2O.ClH/c1-15(2,3)9-4-5-14(18)17-10-8-12-6-7-13(11-17)16-12;/h12-13,16H,4-11H2,1-3H3;1H. The fourth-order valence-electron chi connectivity index (χ4n) is 3.10. The van der Waals surface area contributed by atoms with Gasteiger partial charge in [0.15, 0.2) is 0 Å². The molecule has 2 aliphatic rings. The third-order valence-corrected chi connectivity index (χ3v) is 4.19. The van der Waals surface area contributed by atoms with Gasteiger partial charge in [0.2, 0.25) is 5.91 Å². The van der Waals surface area contributed by atoms with Crippen LogP contribution in [0, 0.1) is 5.41 Å². The predicted octanol–water partition coefficient (Wildman–Crippen LogP) is 2.98. The molecule has 2 heterocycles. The summed E-state index contributed by atoms with van der Waals surface area (Å²) in [5.41, 5.74) is 0.347. The van der Waals surface area contributed by atoms with Crippen molar-refractivity contribution in [2.24, 2.45) is 5.41 Å². The number of hydrogen-bond donors (Lipinski definition) is 1. The maximum atomic E-state index is 12.2. The number of amides is 1. The number of likely N-dealkylation sites (tertiary alicyclic amines) is 1. The highest BCUT2D eigenvalue weighted by Crippen LogP contribution is 2.23. The van der Waals surface area contributed by atoms with Gasteiger partial charge >= 0.3 is 0 Å². The van der Waals surface area contributed by atoms with Crippen LogP contribution in [-0.4, -0.2) is 36.0 Å². The molecular formula is C15H29ClN2O. The van der Waals surface area contributed by atoms with Crippen LogP contribution in [0.15, 0.2) is 0 Å². The Morgan fingerprint density at radius 3 is 2.58 bits per heavy atom. The maximum absolute atomic E-state index is 12.2. The van der Waals surface area contributed by atoms with Crippen molar-refractivity contribution in [1.82, 2.24) is 10.2 Å². The Bertz CT molecular complexity index is 301. The van der Waals surface area contributed by atoms with E-state index in [1.807, 2.05) is 0 Å². The lowest BCUT2D eigenvalue weighted by atomic mass is 9.90. The molecule has 112 valence electrons. The van der Waals surface area contributed by atoms with Crippen LogP contribution < -0.4 is 5.32 Å². The lowest BCUT2D eigenvalue weighted by Gasteiger charge is -2.25. The van der Waals surface area contributed by atoms with E-state index < -0.39 is 0 Å². The van der Waals surface area contributed by atoms with Gasteiger partial charge in [0.05, 0.1) is 0 Å². The molecule has 1 amide bonds. The maximum Gasteiger partial charge on any atom is 0.222 e. The molecule has 0 spiro atoms. The Kier molecular flexibility index (Phi) is 6.13. The first-order valence-corrected chi connectivity index (χ1v) is 7.48. The van der Waals surface area contributed by atoms with Gasteiger partial charge in [-0.15, -0.1) is 12.4 Å². The second kappa shape index (κ2) is 6.94. The normalized spacial score (nSPS) is 26.8. The molecule has 0 saturated carbocycles. The SMILES string of the molecule is CC(C)(C)CCCC(=O)N1CCC2CCC(C1)N2.Cl. The van der Waals surface area contributed by atoms with Gasteiger partial charge in [-0.05, 0) is 37.5 Å². The molecule has 2 saturated heterocycles. The predicted molar refractivity (Wildman–Crippen MR) is 81.7 cm³/mol. The average Bonchev–Trinajstić information content (AvgIpc) is 2.56. The number of halogens is 1. The van der Waals surface area contributed by atoms with E-state index in [4.69, 9.17) is 0 Å². The Morgan fingerprint density at radius 1 is 1.21 bits per heavy atom. The van der Waals surface area contributed by atoms with Crippen molar-refractivity contribution in [3.63, 3.8) is 0 Å². The Hall–Kier alpha value is -0.280. The van der Waals surface area contributed by atoms with Crippen molar-refractivity contribution in [2.75, 3.05) is 13.1 Å². The summed E-state index contributed by atoms with van der Waals surface area (Å²) in [6.45, 7) is 8.62. The zero-order chi connectivity index (χ0) is 13.2. The third-order valence-electron chi connectivity index (χ3n) is 4.19. The quantitative estimate of drug-likeness (QED) is 0.866. The molecule has 0 aromatic rings. The minimum atomic E-state index is 0. The van der Waals surface area contributed by atoms with Crippen LogP contribution in [0.1, 0.15) is 59.3 Å². The molecular weight excluding hydrogens is 260 g/mol. The van der Waals surface area contributed by atoms with Crippen LogP contribution in [0.5, 0.6) is 0 Å². The number of rotatable bonds is 3. The smallest absolute Gasteiger partial charge is 0.222 e. The van der Waals surface area contributed by atoms with Crippen molar-refractivity contribution in [3.05, 3.63) is 0 Å². The average molecular weight is 289 g/mol. The molecule has 2 atom stereocenters. The van der Waals surface area contributed by atoms with Crippen molar-refractivity contribution in [2.45, 2.75) is 71.4 Å². The largest absolute Gasteiger partial charge is 0.341 e.